The Kier molecular flexibility index (Phi) is 9.94. The van der Waals surface area contributed by atoms with Gasteiger partial charge in [-0.15, -0.1) is 0 Å². The van der Waals surface area contributed by atoms with Gasteiger partial charge in [-0.2, -0.15) is 0 Å². The third kappa shape index (κ3) is 5.42. The molecular weight excluding hydrogens is 122 g/mol. The molecule has 1 heteroatoms. The zero-order valence-corrected chi connectivity index (χ0v) is 7.59. The highest BCUT2D eigenvalue weighted by atomic mass is 15.1. The maximum Gasteiger partial charge on any atom is 0.0273 e. The molecule has 0 heterocycles. The fourth-order valence-electron chi connectivity index (χ4n) is 0.496. The fourth-order valence-corrected chi connectivity index (χ4v) is 0.496. The SMILES string of the molecule is C=CN(C=C)C(C)C.CC. The predicted octanol–water partition coefficient (Wildman–Crippen LogP) is 3.01. The average Bonchev–Trinajstić information content (AvgIpc) is 1.94. The zero-order chi connectivity index (χ0) is 8.57. The van der Waals surface area contributed by atoms with Crippen molar-refractivity contribution in [3.63, 3.8) is 0 Å². The van der Waals surface area contributed by atoms with Crippen molar-refractivity contribution in [1.29, 1.82) is 0 Å². The van der Waals surface area contributed by atoms with Crippen molar-refractivity contribution in [2.75, 3.05) is 0 Å². The van der Waals surface area contributed by atoms with Crippen LogP contribution in [-0.2, 0) is 0 Å². The first-order valence-corrected chi connectivity index (χ1v) is 3.75. The third-order valence-electron chi connectivity index (χ3n) is 1.02. The van der Waals surface area contributed by atoms with Crippen molar-refractivity contribution in [2.45, 2.75) is 33.7 Å². The molecule has 10 heavy (non-hydrogen) atoms. The van der Waals surface area contributed by atoms with Crippen molar-refractivity contribution in [2.24, 2.45) is 0 Å². The average molecular weight is 141 g/mol. The first kappa shape index (κ1) is 12.0. The summed E-state index contributed by atoms with van der Waals surface area (Å²) in [6, 6.07) is 0.477. The van der Waals surface area contributed by atoms with E-state index in [-0.39, 0.29) is 0 Å². The Morgan fingerprint density at radius 2 is 1.40 bits per heavy atom. The lowest BCUT2D eigenvalue weighted by atomic mass is 10.4. The third-order valence-corrected chi connectivity index (χ3v) is 1.02. The maximum absolute atomic E-state index is 3.61. The van der Waals surface area contributed by atoms with Crippen LogP contribution in [0.25, 0.3) is 0 Å². The summed E-state index contributed by atoms with van der Waals surface area (Å²) in [5, 5.41) is 0. The Bertz CT molecular complexity index is 76.7. The molecule has 0 aliphatic heterocycles. The molecule has 0 bridgehead atoms. The molecule has 0 fully saturated rings. The molecule has 0 unspecified atom stereocenters. The monoisotopic (exact) mass is 141 g/mol. The van der Waals surface area contributed by atoms with E-state index < -0.39 is 0 Å². The molecule has 0 saturated heterocycles. The van der Waals surface area contributed by atoms with Crippen LogP contribution < -0.4 is 0 Å². The number of nitrogens with zero attached hydrogens (tertiary/aromatic N) is 1. The zero-order valence-electron chi connectivity index (χ0n) is 7.59. The van der Waals surface area contributed by atoms with Gasteiger partial charge in [0.15, 0.2) is 0 Å². The van der Waals surface area contributed by atoms with Gasteiger partial charge in [-0.05, 0) is 26.2 Å². The minimum Gasteiger partial charge on any atom is -0.353 e. The van der Waals surface area contributed by atoms with Gasteiger partial charge in [0.05, 0.1) is 0 Å². The smallest absolute Gasteiger partial charge is 0.0273 e. The van der Waals surface area contributed by atoms with E-state index in [1.165, 1.54) is 0 Å². The van der Waals surface area contributed by atoms with Crippen molar-refractivity contribution >= 4 is 0 Å². The molecule has 0 radical (unpaired) electrons. The minimum atomic E-state index is 0.477. The maximum atomic E-state index is 3.61. The Morgan fingerprint density at radius 3 is 1.40 bits per heavy atom. The number of hydrogen-bond donors (Lipinski definition) is 0. The minimum absolute atomic E-state index is 0.477. The van der Waals surface area contributed by atoms with Gasteiger partial charge in [0.25, 0.3) is 0 Å². The molecule has 0 atom stereocenters. The van der Waals surface area contributed by atoms with E-state index in [0.29, 0.717) is 6.04 Å². The van der Waals surface area contributed by atoms with Gasteiger partial charge >= 0.3 is 0 Å². The summed E-state index contributed by atoms with van der Waals surface area (Å²) in [6.07, 6.45) is 3.52. The second-order valence-corrected chi connectivity index (χ2v) is 1.91. The summed E-state index contributed by atoms with van der Waals surface area (Å²) in [5.41, 5.74) is 0. The molecule has 0 aliphatic rings. The fraction of sp³-hybridized carbons (Fsp3) is 0.556. The second-order valence-electron chi connectivity index (χ2n) is 1.91. The Balaban J connectivity index is 0. The lowest BCUT2D eigenvalue weighted by Gasteiger charge is -2.18. The summed E-state index contributed by atoms with van der Waals surface area (Å²) in [7, 11) is 0. The predicted molar refractivity (Wildman–Crippen MR) is 48.7 cm³/mol. The van der Waals surface area contributed by atoms with Crippen molar-refractivity contribution in [3.05, 3.63) is 25.6 Å². The highest BCUT2D eigenvalue weighted by Gasteiger charge is 1.94. The van der Waals surface area contributed by atoms with Gasteiger partial charge in [0.1, 0.15) is 0 Å². The van der Waals surface area contributed by atoms with E-state index in [4.69, 9.17) is 0 Å². The molecule has 0 aliphatic carbocycles. The van der Waals surface area contributed by atoms with E-state index in [1.54, 1.807) is 12.4 Å². The largest absolute Gasteiger partial charge is 0.353 e. The van der Waals surface area contributed by atoms with Crippen LogP contribution in [0.2, 0.25) is 0 Å². The molecular formula is C9H19N. The van der Waals surface area contributed by atoms with Gasteiger partial charge in [-0.3, -0.25) is 0 Å². The number of hydrogen-bond acceptors (Lipinski definition) is 1. The van der Waals surface area contributed by atoms with Crippen molar-refractivity contribution in [1.82, 2.24) is 4.90 Å². The van der Waals surface area contributed by atoms with Gasteiger partial charge < -0.3 is 4.90 Å². The Morgan fingerprint density at radius 1 is 1.10 bits per heavy atom. The highest BCUT2D eigenvalue weighted by molar-refractivity contribution is 4.82. The first-order valence-electron chi connectivity index (χ1n) is 3.75. The van der Waals surface area contributed by atoms with Gasteiger partial charge in [0.2, 0.25) is 0 Å². The standard InChI is InChI=1S/C7H13N.C2H6/c1-5-8(6-2)7(3)4;1-2/h5-7H,1-2H2,3-4H3;1-2H3. The summed E-state index contributed by atoms with van der Waals surface area (Å²) in [6.45, 7) is 15.4. The van der Waals surface area contributed by atoms with Crippen molar-refractivity contribution < 1.29 is 0 Å². The molecule has 0 spiro atoms. The van der Waals surface area contributed by atoms with Crippen LogP contribution in [-0.4, -0.2) is 10.9 Å². The molecule has 60 valence electrons. The molecule has 0 aromatic rings. The van der Waals surface area contributed by atoms with Crippen LogP contribution in [0.4, 0.5) is 0 Å². The highest BCUT2D eigenvalue weighted by Crippen LogP contribution is 1.96. The molecule has 0 amide bonds. The summed E-state index contributed by atoms with van der Waals surface area (Å²) < 4.78 is 0. The van der Waals surface area contributed by atoms with Gasteiger partial charge in [-0.1, -0.05) is 27.0 Å². The summed E-state index contributed by atoms with van der Waals surface area (Å²) >= 11 is 0. The molecule has 0 N–H and O–H groups in total. The van der Waals surface area contributed by atoms with Gasteiger partial charge in [-0.25, -0.2) is 0 Å². The molecule has 0 aromatic heterocycles. The normalized spacial score (nSPS) is 7.70. The lowest BCUT2D eigenvalue weighted by molar-refractivity contribution is 0.419. The van der Waals surface area contributed by atoms with E-state index >= 15 is 0 Å². The number of rotatable bonds is 3. The lowest BCUT2D eigenvalue weighted by Crippen LogP contribution is -2.17. The van der Waals surface area contributed by atoms with Crippen LogP contribution in [0.3, 0.4) is 0 Å². The summed E-state index contributed by atoms with van der Waals surface area (Å²) in [4.78, 5) is 1.94. The molecule has 0 saturated carbocycles. The van der Waals surface area contributed by atoms with Crippen LogP contribution in [0, 0.1) is 0 Å². The van der Waals surface area contributed by atoms with Crippen LogP contribution in [0.15, 0.2) is 25.6 Å². The second kappa shape index (κ2) is 8.28. The van der Waals surface area contributed by atoms with Crippen molar-refractivity contribution in [3.8, 4) is 0 Å². The van der Waals surface area contributed by atoms with E-state index in [2.05, 4.69) is 27.0 Å². The molecule has 0 aromatic carbocycles. The van der Waals surface area contributed by atoms with E-state index in [9.17, 15) is 0 Å². The van der Waals surface area contributed by atoms with E-state index in [1.807, 2.05) is 18.7 Å². The van der Waals surface area contributed by atoms with Crippen LogP contribution >= 0.6 is 0 Å². The van der Waals surface area contributed by atoms with Gasteiger partial charge in [0, 0.05) is 6.04 Å². The van der Waals surface area contributed by atoms with Crippen LogP contribution in [0.1, 0.15) is 27.7 Å². The Labute approximate surface area is 65.0 Å². The quantitative estimate of drug-likeness (QED) is 0.584. The molecule has 1 nitrogen and oxygen atoms in total. The van der Waals surface area contributed by atoms with Crippen LogP contribution in [0.5, 0.6) is 0 Å². The first-order chi connectivity index (χ1) is 4.72. The van der Waals surface area contributed by atoms with E-state index in [0.717, 1.165) is 0 Å². The summed E-state index contributed by atoms with van der Waals surface area (Å²) in [5.74, 6) is 0. The molecule has 0 rings (SSSR count). The topological polar surface area (TPSA) is 3.24 Å². The Hall–Kier alpha value is -0.720.